The summed E-state index contributed by atoms with van der Waals surface area (Å²) < 4.78 is 10.8. The van der Waals surface area contributed by atoms with E-state index in [0.29, 0.717) is 16.6 Å². The van der Waals surface area contributed by atoms with Gasteiger partial charge in [-0.2, -0.15) is 0 Å². The fourth-order valence-electron chi connectivity index (χ4n) is 2.66. The van der Waals surface area contributed by atoms with Gasteiger partial charge in [0.05, 0.1) is 31.3 Å². The van der Waals surface area contributed by atoms with Gasteiger partial charge < -0.3 is 14.4 Å². The Balaban J connectivity index is 1.58. The van der Waals surface area contributed by atoms with Crippen molar-refractivity contribution in [3.63, 3.8) is 0 Å². The number of fused-ring (bicyclic) bond motifs is 1. The monoisotopic (exact) mass is 348 g/mol. The maximum atomic E-state index is 12.1. The standard InChI is InChI=1S/C17H21N3O3S/c1-11-4-5-13(14(8-11)22-3)23-10-16(21)19-17-18-12-6-7-20(2)9-15(12)24-17/h4-5,8H,6-7,9-10H2,1-3H3,(H,18,19,21)/p+1. The van der Waals surface area contributed by atoms with Crippen molar-refractivity contribution in [2.75, 3.05) is 32.6 Å². The van der Waals surface area contributed by atoms with Crippen LogP contribution >= 0.6 is 11.3 Å². The second-order valence-electron chi connectivity index (χ2n) is 6.01. The van der Waals surface area contributed by atoms with Crippen molar-refractivity contribution in [2.24, 2.45) is 0 Å². The normalized spacial score (nSPS) is 16.4. The van der Waals surface area contributed by atoms with E-state index >= 15 is 0 Å². The molecule has 0 bridgehead atoms. The zero-order valence-electron chi connectivity index (χ0n) is 14.1. The van der Waals surface area contributed by atoms with E-state index in [1.54, 1.807) is 18.4 Å². The molecule has 0 spiro atoms. The summed E-state index contributed by atoms with van der Waals surface area (Å²) in [5.41, 5.74) is 2.19. The minimum atomic E-state index is -0.218. The number of aryl methyl sites for hydroxylation is 1. The van der Waals surface area contributed by atoms with E-state index in [1.165, 1.54) is 9.78 Å². The molecule has 0 aliphatic carbocycles. The highest BCUT2D eigenvalue weighted by molar-refractivity contribution is 7.15. The van der Waals surface area contributed by atoms with Crippen molar-refractivity contribution < 1.29 is 19.2 Å². The number of rotatable bonds is 5. The van der Waals surface area contributed by atoms with Gasteiger partial charge in [0.1, 0.15) is 6.54 Å². The molecule has 1 aliphatic rings. The van der Waals surface area contributed by atoms with E-state index in [9.17, 15) is 4.79 Å². The maximum absolute atomic E-state index is 12.1. The average Bonchev–Trinajstić information content (AvgIpc) is 2.94. The molecule has 2 heterocycles. The molecule has 1 atom stereocenters. The number of ether oxygens (including phenoxy) is 2. The minimum Gasteiger partial charge on any atom is -0.493 e. The van der Waals surface area contributed by atoms with E-state index in [-0.39, 0.29) is 12.5 Å². The Morgan fingerprint density at radius 3 is 3.04 bits per heavy atom. The van der Waals surface area contributed by atoms with Gasteiger partial charge >= 0.3 is 0 Å². The Kier molecular flexibility index (Phi) is 5.01. The summed E-state index contributed by atoms with van der Waals surface area (Å²) in [6, 6.07) is 5.60. The van der Waals surface area contributed by atoms with E-state index in [4.69, 9.17) is 9.47 Å². The second-order valence-corrected chi connectivity index (χ2v) is 7.10. The van der Waals surface area contributed by atoms with Crippen LogP contribution < -0.4 is 19.7 Å². The van der Waals surface area contributed by atoms with E-state index < -0.39 is 0 Å². The molecule has 2 aromatic rings. The first-order chi connectivity index (χ1) is 11.5. The summed E-state index contributed by atoms with van der Waals surface area (Å²) >= 11 is 1.55. The number of amides is 1. The lowest BCUT2D eigenvalue weighted by Gasteiger charge is -2.17. The summed E-state index contributed by atoms with van der Waals surface area (Å²) in [4.78, 5) is 19.4. The number of anilines is 1. The number of likely N-dealkylation sites (N-methyl/N-ethyl adjacent to an activating group) is 1. The number of nitrogens with zero attached hydrogens (tertiary/aromatic N) is 1. The number of hydrogen-bond donors (Lipinski definition) is 2. The Bertz CT molecular complexity index is 745. The molecule has 1 aromatic carbocycles. The fourth-order valence-corrected chi connectivity index (χ4v) is 3.80. The van der Waals surface area contributed by atoms with Crippen LogP contribution in [0.3, 0.4) is 0 Å². The Labute approximate surface area is 145 Å². The average molecular weight is 348 g/mol. The van der Waals surface area contributed by atoms with Crippen molar-refractivity contribution in [1.29, 1.82) is 0 Å². The quantitative estimate of drug-likeness (QED) is 0.848. The number of methoxy groups -OCH3 is 1. The molecule has 2 N–H and O–H groups in total. The second kappa shape index (κ2) is 7.19. The summed E-state index contributed by atoms with van der Waals surface area (Å²) in [6.07, 6.45) is 0.963. The van der Waals surface area contributed by atoms with Crippen LogP contribution in [-0.4, -0.2) is 38.2 Å². The first-order valence-corrected chi connectivity index (χ1v) is 8.74. The van der Waals surface area contributed by atoms with Crippen molar-refractivity contribution in [3.8, 4) is 11.5 Å². The molecule has 24 heavy (non-hydrogen) atoms. The van der Waals surface area contributed by atoms with E-state index in [2.05, 4.69) is 17.3 Å². The first-order valence-electron chi connectivity index (χ1n) is 7.92. The van der Waals surface area contributed by atoms with Gasteiger partial charge in [-0.05, 0) is 24.6 Å². The predicted molar refractivity (Wildman–Crippen MR) is 93.1 cm³/mol. The van der Waals surface area contributed by atoms with Gasteiger partial charge in [-0.1, -0.05) is 17.4 Å². The number of quaternary nitrogens is 1. The Hall–Kier alpha value is -2.12. The lowest BCUT2D eigenvalue weighted by molar-refractivity contribution is -0.895. The lowest BCUT2D eigenvalue weighted by atomic mass is 10.2. The number of carbonyl (C=O) groups excluding carboxylic acids is 1. The highest BCUT2D eigenvalue weighted by Gasteiger charge is 2.21. The van der Waals surface area contributed by atoms with Crippen LogP contribution in [0.4, 0.5) is 5.13 Å². The molecule has 128 valence electrons. The molecule has 1 amide bonds. The topological polar surface area (TPSA) is 64.9 Å². The fraction of sp³-hybridized carbons (Fsp3) is 0.412. The van der Waals surface area contributed by atoms with Crippen molar-refractivity contribution in [3.05, 3.63) is 34.3 Å². The summed E-state index contributed by atoms with van der Waals surface area (Å²) in [6.45, 7) is 3.96. The van der Waals surface area contributed by atoms with Crippen LogP contribution in [0.15, 0.2) is 18.2 Å². The molecule has 1 aromatic heterocycles. The highest BCUT2D eigenvalue weighted by atomic mass is 32.1. The highest BCUT2D eigenvalue weighted by Crippen LogP contribution is 2.28. The van der Waals surface area contributed by atoms with E-state index in [1.807, 2.05) is 25.1 Å². The molecule has 0 saturated carbocycles. The number of benzene rings is 1. The van der Waals surface area contributed by atoms with Crippen LogP contribution in [0.5, 0.6) is 11.5 Å². The summed E-state index contributed by atoms with van der Waals surface area (Å²) in [5.74, 6) is 0.963. The Morgan fingerprint density at radius 2 is 2.25 bits per heavy atom. The zero-order valence-corrected chi connectivity index (χ0v) is 15.0. The predicted octanol–water partition coefficient (Wildman–Crippen LogP) is 1.05. The number of nitrogens with one attached hydrogen (secondary N) is 2. The molecule has 7 heteroatoms. The maximum Gasteiger partial charge on any atom is 0.264 e. The van der Waals surface area contributed by atoms with Crippen LogP contribution in [0.25, 0.3) is 0 Å². The number of thiazole rings is 1. The molecule has 0 saturated heterocycles. The summed E-state index contributed by atoms with van der Waals surface area (Å²) in [7, 11) is 3.75. The van der Waals surface area contributed by atoms with Crippen LogP contribution in [0.2, 0.25) is 0 Å². The summed E-state index contributed by atoms with van der Waals surface area (Å²) in [5, 5.41) is 3.48. The molecule has 1 unspecified atom stereocenters. The molecule has 0 fully saturated rings. The third-order valence-corrected chi connectivity index (χ3v) is 4.97. The number of hydrogen-bond acceptors (Lipinski definition) is 5. The molecule has 6 nitrogen and oxygen atoms in total. The zero-order chi connectivity index (χ0) is 17.1. The third kappa shape index (κ3) is 3.85. The van der Waals surface area contributed by atoms with Crippen molar-refractivity contribution in [1.82, 2.24) is 4.98 Å². The van der Waals surface area contributed by atoms with Crippen molar-refractivity contribution in [2.45, 2.75) is 19.9 Å². The third-order valence-electron chi connectivity index (χ3n) is 3.95. The van der Waals surface area contributed by atoms with Gasteiger partial charge in [0, 0.05) is 6.42 Å². The largest absolute Gasteiger partial charge is 0.493 e. The van der Waals surface area contributed by atoms with Crippen LogP contribution in [0, 0.1) is 6.92 Å². The minimum absolute atomic E-state index is 0.0746. The Morgan fingerprint density at radius 1 is 1.42 bits per heavy atom. The van der Waals surface area contributed by atoms with Gasteiger partial charge in [-0.25, -0.2) is 4.98 Å². The van der Waals surface area contributed by atoms with Gasteiger partial charge in [-0.3, -0.25) is 10.1 Å². The van der Waals surface area contributed by atoms with Crippen molar-refractivity contribution >= 4 is 22.4 Å². The number of carbonyl (C=O) groups is 1. The van der Waals surface area contributed by atoms with Gasteiger partial charge in [0.2, 0.25) is 0 Å². The molecule has 0 radical (unpaired) electrons. The van der Waals surface area contributed by atoms with Gasteiger partial charge in [-0.15, -0.1) is 0 Å². The molecule has 3 rings (SSSR count). The van der Waals surface area contributed by atoms with Crippen LogP contribution in [-0.2, 0) is 17.8 Å². The molecule has 1 aliphatic heterocycles. The smallest absolute Gasteiger partial charge is 0.264 e. The molecular formula is C17H22N3O3S+. The van der Waals surface area contributed by atoms with Gasteiger partial charge in [0.15, 0.2) is 23.2 Å². The van der Waals surface area contributed by atoms with Crippen LogP contribution in [0.1, 0.15) is 16.1 Å². The first kappa shape index (κ1) is 16.7. The number of aromatic nitrogens is 1. The molecular weight excluding hydrogens is 326 g/mol. The van der Waals surface area contributed by atoms with E-state index in [0.717, 1.165) is 30.8 Å². The SMILES string of the molecule is COc1cc(C)ccc1OCC(=O)Nc1nc2c(s1)C[NH+](C)CC2. The lowest BCUT2D eigenvalue weighted by Crippen LogP contribution is -3.08. The van der Waals surface area contributed by atoms with Gasteiger partial charge in [0.25, 0.3) is 5.91 Å².